The standard InChI is InChI=1S/C20H27N5O3S/c1-28-12-11-25-17(13-15-5-3-2-4-6-15)22-23-20(25)29-14-18(26)24-9-7-16(8-10-24)19(21)27/h2-6,16H,7-14H2,1H3,(H2,21,27). The normalized spacial score (nSPS) is 14.9. The monoisotopic (exact) mass is 417 g/mol. The summed E-state index contributed by atoms with van der Waals surface area (Å²) in [7, 11) is 1.66. The molecule has 2 N–H and O–H groups in total. The molecule has 8 nitrogen and oxygen atoms in total. The van der Waals surface area contributed by atoms with E-state index in [-0.39, 0.29) is 23.5 Å². The Bertz CT molecular complexity index is 819. The molecule has 1 aliphatic rings. The van der Waals surface area contributed by atoms with Gasteiger partial charge in [-0.15, -0.1) is 10.2 Å². The van der Waals surface area contributed by atoms with Gasteiger partial charge in [-0.25, -0.2) is 0 Å². The lowest BCUT2D eigenvalue weighted by atomic mass is 9.96. The molecule has 2 heterocycles. The molecule has 1 aromatic heterocycles. The predicted molar refractivity (Wildman–Crippen MR) is 110 cm³/mol. The van der Waals surface area contributed by atoms with Gasteiger partial charge in [-0.1, -0.05) is 42.1 Å². The highest BCUT2D eigenvalue weighted by Gasteiger charge is 2.26. The molecule has 0 unspecified atom stereocenters. The fourth-order valence-corrected chi connectivity index (χ4v) is 4.26. The molecule has 2 aromatic rings. The summed E-state index contributed by atoms with van der Waals surface area (Å²) in [6.45, 7) is 2.32. The van der Waals surface area contributed by atoms with Gasteiger partial charge in [0, 0.05) is 39.1 Å². The lowest BCUT2D eigenvalue weighted by Crippen LogP contribution is -2.42. The minimum atomic E-state index is -0.274. The van der Waals surface area contributed by atoms with Gasteiger partial charge in [0.1, 0.15) is 5.82 Å². The number of piperidine rings is 1. The van der Waals surface area contributed by atoms with E-state index >= 15 is 0 Å². The third-order valence-electron chi connectivity index (χ3n) is 5.09. The molecule has 1 aliphatic heterocycles. The quantitative estimate of drug-likeness (QED) is 0.618. The van der Waals surface area contributed by atoms with Crippen LogP contribution in [0.1, 0.15) is 24.2 Å². The predicted octanol–water partition coefficient (Wildman–Crippen LogP) is 1.33. The summed E-state index contributed by atoms with van der Waals surface area (Å²) in [5.41, 5.74) is 6.52. The van der Waals surface area contributed by atoms with Crippen LogP contribution in [0.2, 0.25) is 0 Å². The highest BCUT2D eigenvalue weighted by molar-refractivity contribution is 7.99. The van der Waals surface area contributed by atoms with Crippen LogP contribution in [0.15, 0.2) is 35.5 Å². The Kier molecular flexibility index (Phi) is 7.65. The minimum Gasteiger partial charge on any atom is -0.383 e. The molecule has 1 aromatic carbocycles. The van der Waals surface area contributed by atoms with Crippen molar-refractivity contribution in [2.45, 2.75) is 31.0 Å². The van der Waals surface area contributed by atoms with Gasteiger partial charge >= 0.3 is 0 Å². The third-order valence-corrected chi connectivity index (χ3v) is 6.04. The lowest BCUT2D eigenvalue weighted by molar-refractivity contribution is -0.132. The first-order chi connectivity index (χ1) is 14.1. The fraction of sp³-hybridized carbons (Fsp3) is 0.500. The Morgan fingerprint density at radius 3 is 2.59 bits per heavy atom. The van der Waals surface area contributed by atoms with E-state index in [0.29, 0.717) is 50.7 Å². The first-order valence-corrected chi connectivity index (χ1v) is 10.7. The van der Waals surface area contributed by atoms with Gasteiger partial charge in [0.25, 0.3) is 0 Å². The summed E-state index contributed by atoms with van der Waals surface area (Å²) in [4.78, 5) is 25.7. The number of primary amides is 1. The number of methoxy groups -OCH3 is 1. The summed E-state index contributed by atoms with van der Waals surface area (Å²) in [5, 5.41) is 9.37. The topological polar surface area (TPSA) is 103 Å². The molecule has 0 atom stereocenters. The van der Waals surface area contributed by atoms with Crippen LogP contribution in [0, 0.1) is 5.92 Å². The van der Waals surface area contributed by atoms with Crippen molar-refractivity contribution in [3.8, 4) is 0 Å². The average Bonchev–Trinajstić information content (AvgIpc) is 3.12. The molecule has 3 rings (SSSR count). The number of aromatic nitrogens is 3. The van der Waals surface area contributed by atoms with E-state index in [2.05, 4.69) is 22.3 Å². The Balaban J connectivity index is 1.61. The van der Waals surface area contributed by atoms with Gasteiger partial charge in [-0.2, -0.15) is 0 Å². The van der Waals surface area contributed by atoms with Gasteiger partial charge in [0.15, 0.2) is 5.16 Å². The zero-order valence-electron chi connectivity index (χ0n) is 16.6. The van der Waals surface area contributed by atoms with Crippen LogP contribution >= 0.6 is 11.8 Å². The second-order valence-corrected chi connectivity index (χ2v) is 7.99. The molecular formula is C20H27N5O3S. The number of ether oxygens (including phenoxy) is 1. The van der Waals surface area contributed by atoms with Crippen molar-refractivity contribution in [2.24, 2.45) is 11.7 Å². The smallest absolute Gasteiger partial charge is 0.233 e. The summed E-state index contributed by atoms with van der Waals surface area (Å²) >= 11 is 1.39. The number of rotatable bonds is 9. The molecule has 2 amide bonds. The highest BCUT2D eigenvalue weighted by atomic mass is 32.2. The first-order valence-electron chi connectivity index (χ1n) is 9.73. The van der Waals surface area contributed by atoms with Gasteiger partial charge in [-0.3, -0.25) is 9.59 Å². The summed E-state index contributed by atoms with van der Waals surface area (Å²) in [5.74, 6) is 0.792. The van der Waals surface area contributed by atoms with Crippen molar-refractivity contribution < 1.29 is 14.3 Å². The number of carbonyl (C=O) groups excluding carboxylic acids is 2. The largest absolute Gasteiger partial charge is 0.383 e. The Morgan fingerprint density at radius 1 is 1.21 bits per heavy atom. The Labute approximate surface area is 174 Å². The van der Waals surface area contributed by atoms with Crippen LogP contribution in [0.25, 0.3) is 0 Å². The first kappa shape index (κ1) is 21.3. The number of benzene rings is 1. The van der Waals surface area contributed by atoms with E-state index in [1.807, 2.05) is 22.8 Å². The second-order valence-electron chi connectivity index (χ2n) is 7.05. The van der Waals surface area contributed by atoms with Crippen molar-refractivity contribution in [3.63, 3.8) is 0 Å². The minimum absolute atomic E-state index is 0.0452. The summed E-state index contributed by atoms with van der Waals surface area (Å²) in [6.07, 6.45) is 1.95. The molecule has 0 bridgehead atoms. The Morgan fingerprint density at radius 2 is 1.93 bits per heavy atom. The number of hydrogen-bond acceptors (Lipinski definition) is 6. The second kappa shape index (κ2) is 10.4. The van der Waals surface area contributed by atoms with Crippen molar-refractivity contribution >= 4 is 23.6 Å². The van der Waals surface area contributed by atoms with Gasteiger partial charge in [0.05, 0.1) is 12.4 Å². The third kappa shape index (κ3) is 5.80. The molecule has 0 aliphatic carbocycles. The van der Waals surface area contributed by atoms with Crippen LogP contribution in [0.4, 0.5) is 0 Å². The maximum absolute atomic E-state index is 12.6. The van der Waals surface area contributed by atoms with Crippen LogP contribution in [0.5, 0.6) is 0 Å². The molecule has 156 valence electrons. The van der Waals surface area contributed by atoms with Crippen molar-refractivity contribution in [1.82, 2.24) is 19.7 Å². The van der Waals surface area contributed by atoms with Gasteiger partial charge < -0.3 is 19.9 Å². The molecule has 0 spiro atoms. The molecule has 0 radical (unpaired) electrons. The van der Waals surface area contributed by atoms with Crippen molar-refractivity contribution in [2.75, 3.05) is 32.6 Å². The Hall–Kier alpha value is -2.39. The van der Waals surface area contributed by atoms with Gasteiger partial charge in [-0.05, 0) is 18.4 Å². The van der Waals surface area contributed by atoms with E-state index < -0.39 is 0 Å². The number of carbonyl (C=O) groups is 2. The van der Waals surface area contributed by atoms with E-state index in [4.69, 9.17) is 10.5 Å². The van der Waals surface area contributed by atoms with Crippen LogP contribution < -0.4 is 5.73 Å². The number of nitrogens with zero attached hydrogens (tertiary/aromatic N) is 4. The number of thioether (sulfide) groups is 1. The van der Waals surface area contributed by atoms with E-state index in [0.717, 1.165) is 11.4 Å². The zero-order chi connectivity index (χ0) is 20.6. The van der Waals surface area contributed by atoms with Crippen molar-refractivity contribution in [3.05, 3.63) is 41.7 Å². The van der Waals surface area contributed by atoms with E-state index in [1.165, 1.54) is 11.8 Å². The van der Waals surface area contributed by atoms with E-state index in [1.54, 1.807) is 12.0 Å². The molecular weight excluding hydrogens is 390 g/mol. The number of nitrogens with two attached hydrogens (primary N) is 1. The van der Waals surface area contributed by atoms with Crippen LogP contribution in [-0.2, 0) is 27.3 Å². The summed E-state index contributed by atoms with van der Waals surface area (Å²) in [6, 6.07) is 10.1. The average molecular weight is 418 g/mol. The summed E-state index contributed by atoms with van der Waals surface area (Å²) < 4.78 is 7.25. The van der Waals surface area contributed by atoms with E-state index in [9.17, 15) is 9.59 Å². The fourth-order valence-electron chi connectivity index (χ4n) is 3.37. The van der Waals surface area contributed by atoms with Gasteiger partial charge in [0.2, 0.25) is 11.8 Å². The highest BCUT2D eigenvalue weighted by Crippen LogP contribution is 2.22. The zero-order valence-corrected chi connectivity index (χ0v) is 17.4. The maximum Gasteiger partial charge on any atom is 0.233 e. The van der Waals surface area contributed by atoms with Crippen molar-refractivity contribution in [1.29, 1.82) is 0 Å². The molecule has 1 saturated heterocycles. The number of likely N-dealkylation sites (tertiary alicyclic amines) is 1. The maximum atomic E-state index is 12.6. The molecule has 1 fully saturated rings. The molecule has 29 heavy (non-hydrogen) atoms. The molecule has 0 saturated carbocycles. The number of hydrogen-bond donors (Lipinski definition) is 1. The number of amides is 2. The van der Waals surface area contributed by atoms with Crippen LogP contribution in [-0.4, -0.2) is 64.0 Å². The lowest BCUT2D eigenvalue weighted by Gasteiger charge is -2.30. The molecule has 9 heteroatoms. The SMILES string of the molecule is COCCn1c(Cc2ccccc2)nnc1SCC(=O)N1CCC(C(N)=O)CC1. The van der Waals surface area contributed by atoms with Crippen LogP contribution in [0.3, 0.4) is 0 Å².